The smallest absolute Gasteiger partial charge is 0.319 e. The minimum absolute atomic E-state index is 0.0103. The Morgan fingerprint density at radius 2 is 1.88 bits per heavy atom. The molecule has 0 aromatic heterocycles. The van der Waals surface area contributed by atoms with Gasteiger partial charge in [0.1, 0.15) is 11.2 Å². The highest BCUT2D eigenvalue weighted by Gasteiger charge is 2.76. The molecule has 4 heteroatoms. The average molecular weight is 342 g/mol. The number of rotatable bonds is 7. The first-order valence-corrected chi connectivity index (χ1v) is 9.10. The summed E-state index contributed by atoms with van der Waals surface area (Å²) in [6, 6.07) is 9.55. The van der Waals surface area contributed by atoms with Gasteiger partial charge in [-0.1, -0.05) is 44.2 Å². The van der Waals surface area contributed by atoms with Crippen molar-refractivity contribution in [3.8, 4) is 0 Å². The Kier molecular flexibility index (Phi) is 4.56. The van der Waals surface area contributed by atoms with E-state index >= 15 is 0 Å². The fourth-order valence-electron chi connectivity index (χ4n) is 4.80. The molecule has 1 aromatic rings. The predicted molar refractivity (Wildman–Crippen MR) is 93.8 cm³/mol. The number of carbonyl (C=O) groups excluding carboxylic acids is 3. The van der Waals surface area contributed by atoms with Crippen LogP contribution in [-0.4, -0.2) is 24.1 Å². The average Bonchev–Trinajstić information content (AvgIpc) is 2.95. The van der Waals surface area contributed by atoms with Crippen molar-refractivity contribution in [2.45, 2.75) is 46.5 Å². The minimum atomic E-state index is -1.11. The lowest BCUT2D eigenvalue weighted by Crippen LogP contribution is -2.42. The number of fused-ring (bicyclic) bond motifs is 1. The van der Waals surface area contributed by atoms with E-state index in [4.69, 9.17) is 4.74 Å². The Hall–Kier alpha value is -1.97. The zero-order valence-corrected chi connectivity index (χ0v) is 15.2. The first-order valence-electron chi connectivity index (χ1n) is 9.10. The Labute approximate surface area is 148 Å². The van der Waals surface area contributed by atoms with Gasteiger partial charge in [0.15, 0.2) is 5.78 Å². The maximum absolute atomic E-state index is 12.7. The van der Waals surface area contributed by atoms with Crippen molar-refractivity contribution >= 4 is 17.5 Å². The van der Waals surface area contributed by atoms with Crippen LogP contribution in [0.3, 0.4) is 0 Å². The highest BCUT2D eigenvalue weighted by atomic mass is 16.5. The van der Waals surface area contributed by atoms with E-state index in [0.29, 0.717) is 12.8 Å². The van der Waals surface area contributed by atoms with Gasteiger partial charge in [-0.05, 0) is 36.2 Å². The molecule has 2 aliphatic rings. The lowest BCUT2D eigenvalue weighted by atomic mass is 9.73. The van der Waals surface area contributed by atoms with Crippen molar-refractivity contribution < 1.29 is 19.1 Å². The van der Waals surface area contributed by atoms with Gasteiger partial charge in [0.25, 0.3) is 0 Å². The molecule has 0 spiro atoms. The first-order chi connectivity index (χ1) is 11.8. The maximum Gasteiger partial charge on any atom is 0.319 e. The number of Topliss-reactive ketones (excluding diaryl/α,β-unsaturated/α-hetero) is 2. The lowest BCUT2D eigenvalue weighted by molar-refractivity contribution is -0.162. The van der Waals surface area contributed by atoms with Crippen molar-refractivity contribution in [2.24, 2.45) is 22.7 Å². The van der Waals surface area contributed by atoms with Crippen molar-refractivity contribution in [3.05, 3.63) is 35.9 Å². The molecule has 0 radical (unpaired) electrons. The lowest BCUT2D eigenvalue weighted by Gasteiger charge is -2.30. The summed E-state index contributed by atoms with van der Waals surface area (Å²) < 4.78 is 5.27. The largest absolute Gasteiger partial charge is 0.465 e. The summed E-state index contributed by atoms with van der Waals surface area (Å²) in [6.07, 6.45) is 1.29. The number of ether oxygens (including phenoxy) is 1. The molecule has 0 heterocycles. The van der Waals surface area contributed by atoms with E-state index in [1.54, 1.807) is 6.92 Å². The summed E-state index contributed by atoms with van der Waals surface area (Å²) in [5, 5.41) is 0. The molecular formula is C21H26O4. The maximum atomic E-state index is 12.7. The monoisotopic (exact) mass is 342 g/mol. The Morgan fingerprint density at radius 3 is 2.48 bits per heavy atom. The summed E-state index contributed by atoms with van der Waals surface area (Å²) in [5.41, 5.74) is -0.181. The van der Waals surface area contributed by atoms with E-state index in [-0.39, 0.29) is 48.3 Å². The zero-order valence-electron chi connectivity index (χ0n) is 15.2. The number of benzene rings is 1. The Morgan fingerprint density at radius 1 is 1.20 bits per heavy atom. The molecule has 2 aliphatic carbocycles. The second-order valence-electron chi connectivity index (χ2n) is 7.93. The molecule has 134 valence electrons. The quantitative estimate of drug-likeness (QED) is 0.563. The Balaban J connectivity index is 1.74. The topological polar surface area (TPSA) is 60.4 Å². The molecule has 4 nitrogen and oxygen atoms in total. The van der Waals surface area contributed by atoms with Gasteiger partial charge in [-0.3, -0.25) is 14.4 Å². The fourth-order valence-corrected chi connectivity index (χ4v) is 4.80. The molecule has 0 aliphatic heterocycles. The number of hydrogen-bond donors (Lipinski definition) is 0. The van der Waals surface area contributed by atoms with Crippen LogP contribution in [0.1, 0.15) is 45.6 Å². The molecule has 1 aromatic carbocycles. The van der Waals surface area contributed by atoms with Gasteiger partial charge in [0.05, 0.1) is 6.61 Å². The van der Waals surface area contributed by atoms with Crippen LogP contribution in [0.2, 0.25) is 0 Å². The van der Waals surface area contributed by atoms with Crippen LogP contribution in [0.4, 0.5) is 0 Å². The molecule has 0 N–H and O–H groups in total. The van der Waals surface area contributed by atoms with Gasteiger partial charge in [-0.2, -0.15) is 0 Å². The molecule has 0 unspecified atom stereocenters. The van der Waals surface area contributed by atoms with Crippen molar-refractivity contribution in [2.75, 3.05) is 6.61 Å². The molecule has 3 atom stereocenters. The number of carbonyl (C=O) groups is 3. The summed E-state index contributed by atoms with van der Waals surface area (Å²) in [7, 11) is 0. The van der Waals surface area contributed by atoms with Crippen molar-refractivity contribution in [3.63, 3.8) is 0 Å². The number of hydrogen-bond acceptors (Lipinski definition) is 4. The van der Waals surface area contributed by atoms with Crippen LogP contribution >= 0.6 is 0 Å². The van der Waals surface area contributed by atoms with Gasteiger partial charge in [0.2, 0.25) is 0 Å². The summed E-state index contributed by atoms with van der Waals surface area (Å²) >= 11 is 0. The first kappa shape index (κ1) is 17.8. The molecule has 0 bridgehead atoms. The van der Waals surface area contributed by atoms with Crippen LogP contribution in [0.5, 0.6) is 0 Å². The van der Waals surface area contributed by atoms with Crippen LogP contribution in [0.15, 0.2) is 30.3 Å². The van der Waals surface area contributed by atoms with E-state index in [1.807, 2.05) is 30.3 Å². The van der Waals surface area contributed by atoms with E-state index in [2.05, 4.69) is 13.8 Å². The van der Waals surface area contributed by atoms with E-state index in [0.717, 1.165) is 5.56 Å². The standard InChI is InChI=1S/C21H26O4/c1-4-25-19(24)21(17(23)13-16-18(21)20(16,2)3)11-10-15(22)12-14-8-6-5-7-9-14/h5-9,16,18H,4,10-13H2,1-3H3/t16-,18+,21+/m0/s1. The number of ketones is 2. The highest BCUT2D eigenvalue weighted by molar-refractivity contribution is 6.07. The molecule has 25 heavy (non-hydrogen) atoms. The van der Waals surface area contributed by atoms with Gasteiger partial charge < -0.3 is 4.74 Å². The highest BCUT2D eigenvalue weighted by Crippen LogP contribution is 2.73. The van der Waals surface area contributed by atoms with Crippen molar-refractivity contribution in [1.82, 2.24) is 0 Å². The van der Waals surface area contributed by atoms with Crippen molar-refractivity contribution in [1.29, 1.82) is 0 Å². The molecule has 0 saturated heterocycles. The molecule has 0 amide bonds. The van der Waals surface area contributed by atoms with E-state index in [9.17, 15) is 14.4 Å². The predicted octanol–water partition coefficient (Wildman–Crippen LogP) is 3.37. The second-order valence-corrected chi connectivity index (χ2v) is 7.93. The molecular weight excluding hydrogens is 316 g/mol. The molecule has 3 rings (SSSR count). The van der Waals surface area contributed by atoms with Gasteiger partial charge >= 0.3 is 5.97 Å². The second kappa shape index (κ2) is 6.40. The summed E-state index contributed by atoms with van der Waals surface area (Å²) in [5.74, 6) is -0.146. The SMILES string of the molecule is CCOC(=O)[C@]1(CCC(=O)Cc2ccccc2)C(=O)C[C@H]2[C@@H]1C2(C)C. The van der Waals surface area contributed by atoms with E-state index in [1.165, 1.54) is 0 Å². The third-order valence-electron chi connectivity index (χ3n) is 6.17. The molecule has 2 saturated carbocycles. The van der Waals surface area contributed by atoms with Gasteiger partial charge in [0, 0.05) is 19.3 Å². The van der Waals surface area contributed by atoms with Gasteiger partial charge in [-0.25, -0.2) is 0 Å². The zero-order chi connectivity index (χ0) is 18.2. The van der Waals surface area contributed by atoms with Gasteiger partial charge in [-0.15, -0.1) is 0 Å². The minimum Gasteiger partial charge on any atom is -0.465 e. The molecule has 2 fully saturated rings. The van der Waals surface area contributed by atoms with E-state index < -0.39 is 11.4 Å². The fraction of sp³-hybridized carbons (Fsp3) is 0.571. The number of esters is 1. The summed E-state index contributed by atoms with van der Waals surface area (Å²) in [4.78, 5) is 37.8. The van der Waals surface area contributed by atoms with Crippen LogP contribution in [0, 0.1) is 22.7 Å². The third kappa shape index (κ3) is 2.92. The summed E-state index contributed by atoms with van der Waals surface area (Å²) in [6.45, 7) is 6.22. The van der Waals surface area contributed by atoms with Crippen LogP contribution in [-0.2, 0) is 25.5 Å². The van der Waals surface area contributed by atoms with Crippen LogP contribution < -0.4 is 0 Å². The Bertz CT molecular complexity index is 691. The normalized spacial score (nSPS) is 29.2. The van der Waals surface area contributed by atoms with Crippen LogP contribution in [0.25, 0.3) is 0 Å². The third-order valence-corrected chi connectivity index (χ3v) is 6.17.